The van der Waals surface area contributed by atoms with E-state index in [0.29, 0.717) is 23.9 Å². The fraction of sp³-hybridized carbons (Fsp3) is 0.304. The highest BCUT2D eigenvalue weighted by Gasteiger charge is 2.22. The van der Waals surface area contributed by atoms with E-state index >= 15 is 0 Å². The number of para-hydroxylation sites is 1. The van der Waals surface area contributed by atoms with Crippen LogP contribution >= 0.6 is 11.6 Å². The van der Waals surface area contributed by atoms with Crippen molar-refractivity contribution in [3.8, 4) is 5.75 Å². The number of pyridine rings is 1. The third-order valence-electron chi connectivity index (χ3n) is 5.36. The van der Waals surface area contributed by atoms with Crippen LogP contribution in [0.1, 0.15) is 11.1 Å². The van der Waals surface area contributed by atoms with E-state index in [4.69, 9.17) is 21.3 Å². The van der Waals surface area contributed by atoms with E-state index in [0.717, 1.165) is 30.0 Å². The topological polar surface area (TPSA) is 45.7 Å². The molecule has 3 aromatic rings. The van der Waals surface area contributed by atoms with Crippen LogP contribution in [0.15, 0.2) is 48.5 Å². The summed E-state index contributed by atoms with van der Waals surface area (Å²) in [5.74, 6) is 1.64. The number of aryl methyl sites for hydroxylation is 2. The number of hydrogen-bond donors (Lipinski definition) is 0. The van der Waals surface area contributed by atoms with E-state index in [1.807, 2.05) is 36.1 Å². The summed E-state index contributed by atoms with van der Waals surface area (Å²) in [5, 5.41) is 1.87. The SMILES string of the molecule is Cc1cc(OCC(=O)N2CCN(c3cc(C)c4ccccc4n3)CC2)ccc1Cl. The number of carbonyl (C=O) groups excluding carboxylic acids is 1. The molecule has 0 aliphatic carbocycles. The van der Waals surface area contributed by atoms with Gasteiger partial charge in [0.05, 0.1) is 5.52 Å². The Bertz CT molecular complexity index is 1050. The Labute approximate surface area is 175 Å². The van der Waals surface area contributed by atoms with E-state index in [9.17, 15) is 4.79 Å². The highest BCUT2D eigenvalue weighted by molar-refractivity contribution is 6.31. The zero-order valence-corrected chi connectivity index (χ0v) is 17.4. The molecule has 0 bridgehead atoms. The lowest BCUT2D eigenvalue weighted by Gasteiger charge is -2.35. The number of carbonyl (C=O) groups is 1. The third-order valence-corrected chi connectivity index (χ3v) is 5.78. The number of piperazine rings is 1. The average Bonchev–Trinajstić information content (AvgIpc) is 2.74. The Hall–Kier alpha value is -2.79. The zero-order valence-electron chi connectivity index (χ0n) is 16.7. The number of aromatic nitrogens is 1. The second-order valence-electron chi connectivity index (χ2n) is 7.38. The molecule has 150 valence electrons. The Morgan fingerprint density at radius 3 is 2.55 bits per heavy atom. The molecule has 0 N–H and O–H groups in total. The summed E-state index contributed by atoms with van der Waals surface area (Å²) < 4.78 is 5.66. The van der Waals surface area contributed by atoms with Gasteiger partial charge < -0.3 is 14.5 Å². The summed E-state index contributed by atoms with van der Waals surface area (Å²) in [7, 11) is 0. The molecule has 1 aromatic heterocycles. The van der Waals surface area contributed by atoms with E-state index in [1.165, 1.54) is 10.9 Å². The Kier molecular flexibility index (Phi) is 5.58. The first-order valence-electron chi connectivity index (χ1n) is 9.79. The normalized spacial score (nSPS) is 14.3. The molecule has 1 saturated heterocycles. The number of rotatable bonds is 4. The molecule has 1 aliphatic rings. The molecule has 0 atom stereocenters. The molecule has 1 fully saturated rings. The second-order valence-corrected chi connectivity index (χ2v) is 7.79. The van der Waals surface area contributed by atoms with Gasteiger partial charge in [0.1, 0.15) is 11.6 Å². The van der Waals surface area contributed by atoms with E-state index in [-0.39, 0.29) is 12.5 Å². The molecule has 2 heterocycles. The van der Waals surface area contributed by atoms with Gasteiger partial charge >= 0.3 is 0 Å². The first-order chi connectivity index (χ1) is 14.0. The van der Waals surface area contributed by atoms with Crippen LogP contribution in [-0.4, -0.2) is 48.6 Å². The van der Waals surface area contributed by atoms with Crippen LogP contribution in [0.5, 0.6) is 5.75 Å². The van der Waals surface area contributed by atoms with Crippen LogP contribution in [0.4, 0.5) is 5.82 Å². The van der Waals surface area contributed by atoms with Crippen LogP contribution in [0.2, 0.25) is 5.02 Å². The molecule has 4 rings (SSSR count). The molecule has 5 nitrogen and oxygen atoms in total. The molecule has 2 aromatic carbocycles. The Morgan fingerprint density at radius 1 is 1.03 bits per heavy atom. The maximum Gasteiger partial charge on any atom is 0.260 e. The number of halogens is 1. The van der Waals surface area contributed by atoms with Gasteiger partial charge in [-0.1, -0.05) is 29.8 Å². The van der Waals surface area contributed by atoms with E-state index < -0.39 is 0 Å². The van der Waals surface area contributed by atoms with Crippen molar-refractivity contribution >= 4 is 34.2 Å². The second kappa shape index (κ2) is 8.29. The molecular weight excluding hydrogens is 386 g/mol. The third kappa shape index (κ3) is 4.30. The minimum Gasteiger partial charge on any atom is -0.484 e. The van der Waals surface area contributed by atoms with Gasteiger partial charge in [0.15, 0.2) is 6.61 Å². The molecule has 1 aliphatic heterocycles. The summed E-state index contributed by atoms with van der Waals surface area (Å²) in [6.07, 6.45) is 0. The fourth-order valence-corrected chi connectivity index (χ4v) is 3.74. The molecule has 0 unspecified atom stereocenters. The lowest BCUT2D eigenvalue weighted by Crippen LogP contribution is -2.50. The summed E-state index contributed by atoms with van der Waals surface area (Å²) in [5.41, 5.74) is 3.16. The lowest BCUT2D eigenvalue weighted by atomic mass is 10.1. The highest BCUT2D eigenvalue weighted by Crippen LogP contribution is 2.24. The predicted octanol–water partition coefficient (Wildman–Crippen LogP) is 4.23. The summed E-state index contributed by atoms with van der Waals surface area (Å²) in [4.78, 5) is 21.4. The molecule has 1 amide bonds. The van der Waals surface area contributed by atoms with Crippen molar-refractivity contribution in [3.05, 3.63) is 64.7 Å². The van der Waals surface area contributed by atoms with Crippen molar-refractivity contribution in [2.24, 2.45) is 0 Å². The maximum absolute atomic E-state index is 12.5. The first kappa shape index (κ1) is 19.5. The molecule has 6 heteroatoms. The van der Waals surface area contributed by atoms with Gasteiger partial charge in [0.25, 0.3) is 5.91 Å². The number of anilines is 1. The standard InChI is InChI=1S/C23H24ClN3O2/c1-16-14-22(25-21-6-4-3-5-19(16)21)26-9-11-27(12-10-26)23(28)15-29-18-7-8-20(24)17(2)13-18/h3-8,13-14H,9-12,15H2,1-2H3. The minimum absolute atomic E-state index is 0.0000886. The Balaban J connectivity index is 1.35. The van der Waals surface area contributed by atoms with Crippen LogP contribution in [0.25, 0.3) is 10.9 Å². The van der Waals surface area contributed by atoms with Crippen molar-refractivity contribution in [1.82, 2.24) is 9.88 Å². The Morgan fingerprint density at radius 2 is 1.79 bits per heavy atom. The first-order valence-corrected chi connectivity index (χ1v) is 10.2. The fourth-order valence-electron chi connectivity index (χ4n) is 3.62. The van der Waals surface area contributed by atoms with Gasteiger partial charge in [-0.3, -0.25) is 4.79 Å². The van der Waals surface area contributed by atoms with Crippen LogP contribution in [-0.2, 0) is 4.79 Å². The van der Waals surface area contributed by atoms with Crippen LogP contribution in [0.3, 0.4) is 0 Å². The van der Waals surface area contributed by atoms with Crippen molar-refractivity contribution in [2.45, 2.75) is 13.8 Å². The summed E-state index contributed by atoms with van der Waals surface area (Å²) in [6.45, 7) is 6.91. The molecule has 0 saturated carbocycles. The van der Waals surface area contributed by atoms with Crippen LogP contribution < -0.4 is 9.64 Å². The number of amides is 1. The van der Waals surface area contributed by atoms with Crippen molar-refractivity contribution < 1.29 is 9.53 Å². The number of hydrogen-bond acceptors (Lipinski definition) is 4. The summed E-state index contributed by atoms with van der Waals surface area (Å²) in [6, 6.07) is 15.7. The molecular formula is C23H24ClN3O2. The number of fused-ring (bicyclic) bond motifs is 1. The van der Waals surface area contributed by atoms with Gasteiger partial charge in [-0.2, -0.15) is 0 Å². The number of nitrogens with zero attached hydrogens (tertiary/aromatic N) is 3. The molecule has 29 heavy (non-hydrogen) atoms. The average molecular weight is 410 g/mol. The van der Waals surface area contributed by atoms with Gasteiger partial charge in [-0.15, -0.1) is 0 Å². The molecule has 0 spiro atoms. The molecule has 0 radical (unpaired) electrons. The van der Waals surface area contributed by atoms with E-state index in [1.54, 1.807) is 12.1 Å². The predicted molar refractivity (Wildman–Crippen MR) is 117 cm³/mol. The minimum atomic E-state index is -0.0000886. The van der Waals surface area contributed by atoms with Gasteiger partial charge in [-0.05, 0) is 55.3 Å². The quantitative estimate of drug-likeness (QED) is 0.646. The zero-order chi connectivity index (χ0) is 20.4. The van der Waals surface area contributed by atoms with Crippen LogP contribution in [0, 0.1) is 13.8 Å². The number of ether oxygens (including phenoxy) is 1. The summed E-state index contributed by atoms with van der Waals surface area (Å²) >= 11 is 6.03. The monoisotopic (exact) mass is 409 g/mol. The highest BCUT2D eigenvalue weighted by atomic mass is 35.5. The number of benzene rings is 2. The van der Waals surface area contributed by atoms with Crippen molar-refractivity contribution in [3.63, 3.8) is 0 Å². The van der Waals surface area contributed by atoms with Crippen molar-refractivity contribution in [2.75, 3.05) is 37.7 Å². The smallest absolute Gasteiger partial charge is 0.260 e. The lowest BCUT2D eigenvalue weighted by molar-refractivity contribution is -0.133. The largest absolute Gasteiger partial charge is 0.484 e. The van der Waals surface area contributed by atoms with Gasteiger partial charge in [0.2, 0.25) is 0 Å². The van der Waals surface area contributed by atoms with Crippen molar-refractivity contribution in [1.29, 1.82) is 0 Å². The maximum atomic E-state index is 12.5. The van der Waals surface area contributed by atoms with Gasteiger partial charge in [0, 0.05) is 36.6 Å². The van der Waals surface area contributed by atoms with E-state index in [2.05, 4.69) is 24.0 Å². The van der Waals surface area contributed by atoms with Gasteiger partial charge in [-0.25, -0.2) is 4.98 Å².